The second-order valence-corrected chi connectivity index (χ2v) is 5.42. The Kier molecular flexibility index (Phi) is 3.31. The molecule has 1 heterocycles. The number of carbonyl (C=O) groups excluding carboxylic acids is 3. The van der Waals surface area contributed by atoms with Gasteiger partial charge in [-0.15, -0.1) is 0 Å². The number of carbonyl (C=O) groups is 3. The summed E-state index contributed by atoms with van der Waals surface area (Å²) in [6, 6.07) is 1.66. The lowest BCUT2D eigenvalue weighted by molar-refractivity contribution is -0.123. The number of Topliss-reactive ketones (excluding diaryl/α,β-unsaturated/α-hetero) is 2. The van der Waals surface area contributed by atoms with Gasteiger partial charge in [-0.05, 0) is 25.0 Å². The van der Waals surface area contributed by atoms with E-state index in [4.69, 9.17) is 0 Å². The molecule has 1 fully saturated rings. The first-order chi connectivity index (χ1) is 10.0. The van der Waals surface area contributed by atoms with Crippen LogP contribution in [0.5, 0.6) is 0 Å². The Labute approximate surface area is 119 Å². The van der Waals surface area contributed by atoms with Crippen molar-refractivity contribution in [2.75, 3.05) is 11.4 Å². The van der Waals surface area contributed by atoms with Crippen LogP contribution in [0.25, 0.3) is 0 Å². The molecule has 3 rings (SSSR count). The van der Waals surface area contributed by atoms with Gasteiger partial charge in [-0.2, -0.15) is 0 Å². The first kappa shape index (κ1) is 13.9. The standard InChI is InChI=1S/C15H13F2NO3/c16-9-5-6-10(17)13-12(9)14(20)15(21)18(13)7-11(19)8-3-1-2-4-8/h5-6,8H,1-4,7H2. The lowest BCUT2D eigenvalue weighted by Gasteiger charge is -2.18. The van der Waals surface area contributed by atoms with Crippen LogP contribution in [0.2, 0.25) is 0 Å². The van der Waals surface area contributed by atoms with Gasteiger partial charge in [0.05, 0.1) is 17.8 Å². The SMILES string of the molecule is O=C1C(=O)N(CC(=O)C2CCCC2)c2c(F)ccc(F)c21. The average molecular weight is 293 g/mol. The number of amides is 1. The lowest BCUT2D eigenvalue weighted by atomic mass is 10.0. The number of hydrogen-bond donors (Lipinski definition) is 0. The predicted molar refractivity (Wildman–Crippen MR) is 70.0 cm³/mol. The van der Waals surface area contributed by atoms with Crippen molar-refractivity contribution in [3.63, 3.8) is 0 Å². The van der Waals surface area contributed by atoms with E-state index >= 15 is 0 Å². The average Bonchev–Trinajstić information content (AvgIpc) is 3.06. The van der Waals surface area contributed by atoms with Crippen LogP contribution in [0.4, 0.5) is 14.5 Å². The van der Waals surface area contributed by atoms with E-state index in [2.05, 4.69) is 0 Å². The van der Waals surface area contributed by atoms with Gasteiger partial charge in [0, 0.05) is 5.92 Å². The van der Waals surface area contributed by atoms with E-state index in [1.54, 1.807) is 0 Å². The van der Waals surface area contributed by atoms with Gasteiger partial charge < -0.3 is 0 Å². The van der Waals surface area contributed by atoms with Gasteiger partial charge in [0.1, 0.15) is 11.6 Å². The topological polar surface area (TPSA) is 54.5 Å². The summed E-state index contributed by atoms with van der Waals surface area (Å²) in [6.07, 6.45) is 3.38. The number of nitrogens with zero attached hydrogens (tertiary/aromatic N) is 1. The summed E-state index contributed by atoms with van der Waals surface area (Å²) in [5.74, 6) is -4.31. The van der Waals surface area contributed by atoms with E-state index in [1.807, 2.05) is 0 Å². The number of hydrogen-bond acceptors (Lipinski definition) is 3. The number of anilines is 1. The van der Waals surface area contributed by atoms with Crippen molar-refractivity contribution >= 4 is 23.2 Å². The molecule has 0 bridgehead atoms. The number of rotatable bonds is 3. The van der Waals surface area contributed by atoms with Gasteiger partial charge in [-0.1, -0.05) is 12.8 Å². The lowest BCUT2D eigenvalue weighted by Crippen LogP contribution is -2.37. The summed E-state index contributed by atoms with van der Waals surface area (Å²) in [4.78, 5) is 36.6. The van der Waals surface area contributed by atoms with E-state index in [9.17, 15) is 23.2 Å². The highest BCUT2D eigenvalue weighted by molar-refractivity contribution is 6.52. The maximum Gasteiger partial charge on any atom is 0.300 e. The molecule has 1 amide bonds. The van der Waals surface area contributed by atoms with Crippen LogP contribution in [0.3, 0.4) is 0 Å². The van der Waals surface area contributed by atoms with Crippen LogP contribution in [-0.2, 0) is 9.59 Å². The predicted octanol–water partition coefficient (Wildman–Crippen LogP) is 2.25. The molecule has 110 valence electrons. The van der Waals surface area contributed by atoms with Crippen molar-refractivity contribution in [2.24, 2.45) is 5.92 Å². The molecule has 1 aliphatic heterocycles. The van der Waals surface area contributed by atoms with E-state index < -0.39 is 34.6 Å². The number of benzene rings is 1. The number of fused-ring (bicyclic) bond motifs is 1. The van der Waals surface area contributed by atoms with Crippen molar-refractivity contribution < 1.29 is 23.2 Å². The molecular weight excluding hydrogens is 280 g/mol. The van der Waals surface area contributed by atoms with Crippen LogP contribution in [0.1, 0.15) is 36.0 Å². The fourth-order valence-corrected chi connectivity index (χ4v) is 3.04. The monoisotopic (exact) mass is 293 g/mol. The molecule has 6 heteroatoms. The highest BCUT2D eigenvalue weighted by Gasteiger charge is 2.42. The molecule has 1 aromatic rings. The summed E-state index contributed by atoms with van der Waals surface area (Å²) in [5.41, 5.74) is -0.976. The maximum absolute atomic E-state index is 13.9. The van der Waals surface area contributed by atoms with Crippen LogP contribution >= 0.6 is 0 Å². The smallest absolute Gasteiger partial charge is 0.297 e. The molecular formula is C15H13F2NO3. The Balaban J connectivity index is 1.94. The highest BCUT2D eigenvalue weighted by atomic mass is 19.1. The summed E-state index contributed by atoms with van der Waals surface area (Å²) in [5, 5.41) is 0. The Hall–Kier alpha value is -2.11. The Morgan fingerprint density at radius 1 is 1.14 bits per heavy atom. The number of halogens is 2. The molecule has 0 N–H and O–H groups in total. The zero-order chi connectivity index (χ0) is 15.1. The normalized spacial score (nSPS) is 18.5. The van der Waals surface area contributed by atoms with Crippen molar-refractivity contribution in [3.8, 4) is 0 Å². The molecule has 0 spiro atoms. The second kappa shape index (κ2) is 5.02. The molecule has 0 aromatic heterocycles. The molecule has 0 radical (unpaired) electrons. The molecule has 1 aromatic carbocycles. The summed E-state index contributed by atoms with van der Waals surface area (Å²) < 4.78 is 27.5. The van der Waals surface area contributed by atoms with Crippen LogP contribution < -0.4 is 4.90 Å². The molecule has 1 saturated carbocycles. The van der Waals surface area contributed by atoms with Crippen LogP contribution in [0.15, 0.2) is 12.1 Å². The van der Waals surface area contributed by atoms with Crippen molar-refractivity contribution in [2.45, 2.75) is 25.7 Å². The molecule has 0 unspecified atom stereocenters. The minimum absolute atomic E-state index is 0.159. The number of ketones is 2. The van der Waals surface area contributed by atoms with E-state index in [0.717, 1.165) is 42.7 Å². The van der Waals surface area contributed by atoms with Gasteiger partial charge in [-0.25, -0.2) is 8.78 Å². The Morgan fingerprint density at radius 2 is 1.76 bits per heavy atom. The third-order valence-corrected chi connectivity index (χ3v) is 4.14. The van der Waals surface area contributed by atoms with Crippen molar-refractivity contribution in [1.82, 2.24) is 0 Å². The molecule has 1 aliphatic carbocycles. The third kappa shape index (κ3) is 2.14. The first-order valence-corrected chi connectivity index (χ1v) is 6.87. The maximum atomic E-state index is 13.9. The Bertz CT molecular complexity index is 651. The summed E-state index contributed by atoms with van der Waals surface area (Å²) in [6.45, 7) is -0.372. The largest absolute Gasteiger partial charge is 0.300 e. The molecule has 4 nitrogen and oxygen atoms in total. The summed E-state index contributed by atoms with van der Waals surface area (Å²) in [7, 11) is 0. The van der Waals surface area contributed by atoms with Gasteiger partial charge >= 0.3 is 0 Å². The van der Waals surface area contributed by atoms with E-state index in [-0.39, 0.29) is 18.2 Å². The summed E-state index contributed by atoms with van der Waals surface area (Å²) >= 11 is 0. The zero-order valence-corrected chi connectivity index (χ0v) is 11.2. The van der Waals surface area contributed by atoms with Crippen molar-refractivity contribution in [3.05, 3.63) is 29.3 Å². The van der Waals surface area contributed by atoms with E-state index in [0.29, 0.717) is 0 Å². The molecule has 0 atom stereocenters. The Morgan fingerprint density at radius 3 is 2.43 bits per heavy atom. The first-order valence-electron chi connectivity index (χ1n) is 6.87. The zero-order valence-electron chi connectivity index (χ0n) is 11.2. The van der Waals surface area contributed by atoms with Crippen LogP contribution in [-0.4, -0.2) is 24.0 Å². The van der Waals surface area contributed by atoms with Gasteiger partial charge in [0.15, 0.2) is 5.78 Å². The van der Waals surface area contributed by atoms with Gasteiger partial charge in [0.2, 0.25) is 0 Å². The quantitative estimate of drug-likeness (QED) is 0.803. The molecule has 2 aliphatic rings. The minimum atomic E-state index is -1.10. The van der Waals surface area contributed by atoms with Crippen molar-refractivity contribution in [1.29, 1.82) is 0 Å². The minimum Gasteiger partial charge on any atom is -0.297 e. The van der Waals surface area contributed by atoms with Gasteiger partial charge in [0.25, 0.3) is 11.7 Å². The molecule has 21 heavy (non-hydrogen) atoms. The molecule has 0 saturated heterocycles. The fourth-order valence-electron chi connectivity index (χ4n) is 3.04. The highest BCUT2D eigenvalue weighted by Crippen LogP contribution is 2.34. The van der Waals surface area contributed by atoms with E-state index in [1.165, 1.54) is 0 Å². The second-order valence-electron chi connectivity index (χ2n) is 5.42. The van der Waals surface area contributed by atoms with Gasteiger partial charge in [-0.3, -0.25) is 19.3 Å². The fraction of sp³-hybridized carbons (Fsp3) is 0.400. The van der Waals surface area contributed by atoms with Crippen LogP contribution in [0, 0.1) is 17.6 Å². The third-order valence-electron chi connectivity index (χ3n) is 4.14.